The smallest absolute Gasteiger partial charge is 0.312 e. The molecule has 0 unspecified atom stereocenters. The Labute approximate surface area is 127 Å². The molecule has 2 aromatic carbocycles. The van der Waals surface area contributed by atoms with Gasteiger partial charge in [0.05, 0.1) is 4.92 Å². The Kier molecular flexibility index (Phi) is 3.34. The first-order valence-corrected chi connectivity index (χ1v) is 7.11. The van der Waals surface area contributed by atoms with Crippen LogP contribution in [-0.2, 0) is 4.79 Å². The van der Waals surface area contributed by atoms with Gasteiger partial charge in [-0.3, -0.25) is 19.7 Å². The summed E-state index contributed by atoms with van der Waals surface area (Å²) in [6.07, 6.45) is 0. The Morgan fingerprint density at radius 2 is 1.91 bits per heavy atom. The lowest BCUT2D eigenvalue weighted by atomic mass is 10.1. The molecule has 0 aliphatic heterocycles. The zero-order chi connectivity index (χ0) is 15.9. The van der Waals surface area contributed by atoms with Gasteiger partial charge in [0, 0.05) is 39.2 Å². The minimum Gasteiger partial charge on any atom is -0.419 e. The van der Waals surface area contributed by atoms with Crippen LogP contribution in [-0.4, -0.2) is 10.9 Å². The van der Waals surface area contributed by atoms with Crippen LogP contribution in [0.4, 0.5) is 5.69 Å². The number of ether oxygens (including phenoxy) is 1. The van der Waals surface area contributed by atoms with Gasteiger partial charge in [0.1, 0.15) is 0 Å². The molecule has 1 aromatic heterocycles. The average molecular weight is 315 g/mol. The fourth-order valence-corrected chi connectivity index (χ4v) is 3.28. The summed E-state index contributed by atoms with van der Waals surface area (Å²) in [4.78, 5) is 34.0. The summed E-state index contributed by atoms with van der Waals surface area (Å²) in [6.45, 7) is 1.16. The number of benzene rings is 2. The van der Waals surface area contributed by atoms with Crippen molar-refractivity contribution in [1.82, 2.24) is 0 Å². The summed E-state index contributed by atoms with van der Waals surface area (Å²) in [5.41, 5.74) is -0.677. The van der Waals surface area contributed by atoms with E-state index in [0.717, 1.165) is 11.6 Å². The molecule has 110 valence electrons. The Morgan fingerprint density at radius 1 is 1.18 bits per heavy atom. The second-order valence-corrected chi connectivity index (χ2v) is 5.68. The molecule has 0 N–H and O–H groups in total. The molecule has 0 saturated heterocycles. The first-order valence-electron chi connectivity index (χ1n) is 6.30. The van der Waals surface area contributed by atoms with E-state index in [1.807, 2.05) is 6.07 Å². The van der Waals surface area contributed by atoms with Crippen LogP contribution < -0.4 is 10.2 Å². The van der Waals surface area contributed by atoms with Gasteiger partial charge in [-0.05, 0) is 12.1 Å². The fourth-order valence-electron chi connectivity index (χ4n) is 2.20. The van der Waals surface area contributed by atoms with E-state index < -0.39 is 16.6 Å². The first kappa shape index (κ1) is 14.2. The number of esters is 1. The van der Waals surface area contributed by atoms with Gasteiger partial charge in [-0.1, -0.05) is 12.1 Å². The second kappa shape index (κ2) is 5.19. The fraction of sp³-hybridized carbons (Fsp3) is 0.0667. The van der Waals surface area contributed by atoms with Gasteiger partial charge in [0.2, 0.25) is 5.75 Å². The number of carbonyl (C=O) groups is 1. The van der Waals surface area contributed by atoms with Crippen molar-refractivity contribution >= 4 is 43.2 Å². The largest absolute Gasteiger partial charge is 0.419 e. The van der Waals surface area contributed by atoms with Crippen LogP contribution in [0.1, 0.15) is 6.92 Å². The van der Waals surface area contributed by atoms with E-state index in [1.165, 1.54) is 23.5 Å². The van der Waals surface area contributed by atoms with Gasteiger partial charge in [0.25, 0.3) is 0 Å². The summed E-state index contributed by atoms with van der Waals surface area (Å²) in [5.74, 6) is -0.813. The molecule has 22 heavy (non-hydrogen) atoms. The molecule has 6 nitrogen and oxygen atoms in total. The molecule has 7 heteroatoms. The van der Waals surface area contributed by atoms with Crippen LogP contribution in [0.5, 0.6) is 5.75 Å². The highest BCUT2D eigenvalue weighted by Crippen LogP contribution is 2.34. The maximum atomic E-state index is 12.5. The lowest BCUT2D eigenvalue weighted by Crippen LogP contribution is -2.06. The molecule has 0 atom stereocenters. The topological polar surface area (TPSA) is 86.5 Å². The van der Waals surface area contributed by atoms with Crippen LogP contribution in [0.2, 0.25) is 0 Å². The van der Waals surface area contributed by atoms with Gasteiger partial charge in [0.15, 0.2) is 5.43 Å². The molecule has 0 spiro atoms. The van der Waals surface area contributed by atoms with Crippen molar-refractivity contribution in [2.24, 2.45) is 0 Å². The molecule has 0 amide bonds. The number of nitro benzene ring substituents is 1. The number of hydrogen-bond donors (Lipinski definition) is 0. The molecule has 0 bridgehead atoms. The molecule has 0 aliphatic carbocycles. The van der Waals surface area contributed by atoms with E-state index in [2.05, 4.69) is 0 Å². The Bertz CT molecular complexity index is 992. The lowest BCUT2D eigenvalue weighted by Gasteiger charge is -2.05. The summed E-state index contributed by atoms with van der Waals surface area (Å²) < 4.78 is 6.19. The quantitative estimate of drug-likeness (QED) is 0.238. The van der Waals surface area contributed by atoms with Crippen molar-refractivity contribution in [2.45, 2.75) is 6.92 Å². The highest BCUT2D eigenvalue weighted by molar-refractivity contribution is 7.24. The third-order valence-electron chi connectivity index (χ3n) is 3.11. The van der Waals surface area contributed by atoms with Crippen LogP contribution in [0.25, 0.3) is 20.2 Å². The van der Waals surface area contributed by atoms with Gasteiger partial charge in [-0.25, -0.2) is 0 Å². The van der Waals surface area contributed by atoms with Crippen LogP contribution in [0.15, 0.2) is 41.2 Å². The van der Waals surface area contributed by atoms with Crippen molar-refractivity contribution in [3.8, 4) is 5.75 Å². The highest BCUT2D eigenvalue weighted by Gasteiger charge is 2.20. The monoisotopic (exact) mass is 315 g/mol. The number of nitro groups is 1. The molecule has 0 radical (unpaired) electrons. The SMILES string of the molecule is CC(=O)Oc1cc2sc3ccccc3c(=O)c2cc1[N+](=O)[O-]. The maximum absolute atomic E-state index is 12.5. The number of carbonyl (C=O) groups excluding carboxylic acids is 1. The predicted octanol–water partition coefficient (Wildman–Crippen LogP) is 3.25. The van der Waals surface area contributed by atoms with Crippen molar-refractivity contribution in [3.63, 3.8) is 0 Å². The summed E-state index contributed by atoms with van der Waals surface area (Å²) in [6, 6.07) is 9.56. The van der Waals surface area contributed by atoms with E-state index in [1.54, 1.807) is 18.2 Å². The maximum Gasteiger partial charge on any atom is 0.312 e. The molecule has 3 rings (SSSR count). The van der Waals surface area contributed by atoms with E-state index in [4.69, 9.17) is 4.74 Å². The molecule has 0 fully saturated rings. The summed E-state index contributed by atoms with van der Waals surface area (Å²) in [5, 5.41) is 11.9. The van der Waals surface area contributed by atoms with E-state index >= 15 is 0 Å². The van der Waals surface area contributed by atoms with Gasteiger partial charge in [-0.2, -0.15) is 0 Å². The average Bonchev–Trinajstić information content (AvgIpc) is 2.46. The van der Waals surface area contributed by atoms with Crippen LogP contribution in [0.3, 0.4) is 0 Å². The van der Waals surface area contributed by atoms with Crippen LogP contribution in [0, 0.1) is 10.1 Å². The molecule has 0 aliphatic rings. The molecule has 3 aromatic rings. The van der Waals surface area contributed by atoms with Gasteiger partial charge < -0.3 is 4.74 Å². The first-order chi connectivity index (χ1) is 10.5. The van der Waals surface area contributed by atoms with E-state index in [0.29, 0.717) is 10.1 Å². The predicted molar refractivity (Wildman–Crippen MR) is 83.6 cm³/mol. The van der Waals surface area contributed by atoms with E-state index in [9.17, 15) is 19.7 Å². The number of rotatable bonds is 2. The van der Waals surface area contributed by atoms with E-state index in [-0.39, 0.29) is 16.6 Å². The second-order valence-electron chi connectivity index (χ2n) is 4.59. The van der Waals surface area contributed by atoms with Crippen molar-refractivity contribution < 1.29 is 14.5 Å². The minimum atomic E-state index is -0.670. The lowest BCUT2D eigenvalue weighted by molar-refractivity contribution is -0.385. The van der Waals surface area contributed by atoms with Gasteiger partial charge in [-0.15, -0.1) is 11.3 Å². The van der Waals surface area contributed by atoms with Crippen molar-refractivity contribution in [1.29, 1.82) is 0 Å². The summed E-state index contributed by atoms with van der Waals surface area (Å²) in [7, 11) is 0. The minimum absolute atomic E-state index is 0.157. The van der Waals surface area contributed by atoms with Crippen molar-refractivity contribution in [2.75, 3.05) is 0 Å². The molecular weight excluding hydrogens is 306 g/mol. The van der Waals surface area contributed by atoms with Crippen molar-refractivity contribution in [3.05, 3.63) is 56.7 Å². The normalized spacial score (nSPS) is 10.8. The summed E-state index contributed by atoms with van der Waals surface area (Å²) >= 11 is 1.31. The van der Waals surface area contributed by atoms with Crippen LogP contribution >= 0.6 is 11.3 Å². The number of nitrogens with zero attached hydrogens (tertiary/aromatic N) is 1. The Morgan fingerprint density at radius 3 is 2.59 bits per heavy atom. The number of fused-ring (bicyclic) bond motifs is 2. The Balaban J connectivity index is 2.41. The Hall–Kier alpha value is -2.80. The third-order valence-corrected chi connectivity index (χ3v) is 4.24. The highest BCUT2D eigenvalue weighted by atomic mass is 32.1. The zero-order valence-electron chi connectivity index (χ0n) is 11.4. The third kappa shape index (κ3) is 2.31. The standard InChI is InChI=1S/C15H9NO5S/c1-8(17)21-12-7-14-10(6-11(12)16(19)20)15(18)9-4-2-3-5-13(9)22-14/h2-7H,1H3. The zero-order valence-corrected chi connectivity index (χ0v) is 12.2. The molecule has 0 saturated carbocycles. The molecular formula is C15H9NO5S. The number of hydrogen-bond acceptors (Lipinski definition) is 6. The van der Waals surface area contributed by atoms with Gasteiger partial charge >= 0.3 is 11.7 Å². The molecule has 1 heterocycles.